The molecule has 2 N–H and O–H groups in total. The van der Waals surface area contributed by atoms with Crippen molar-refractivity contribution in [1.29, 1.82) is 0 Å². The second kappa shape index (κ2) is 8.84. The van der Waals surface area contributed by atoms with Crippen LogP contribution in [0.3, 0.4) is 0 Å². The highest BCUT2D eigenvalue weighted by molar-refractivity contribution is 5.73. The molecule has 0 unspecified atom stereocenters. The molecule has 162 valence electrons. The summed E-state index contributed by atoms with van der Waals surface area (Å²) in [6.07, 6.45) is 0.132. The molecule has 3 aromatic rings. The molecule has 0 saturated heterocycles. The molecule has 4 nitrogen and oxygen atoms in total. The fourth-order valence-corrected chi connectivity index (χ4v) is 4.00. The van der Waals surface area contributed by atoms with Gasteiger partial charge in [-0.05, 0) is 66.6 Å². The Kier molecular flexibility index (Phi) is 6.40. The zero-order chi connectivity index (χ0) is 22.8. The normalized spacial score (nSPS) is 11.4. The molecule has 0 aliphatic rings. The molecular weight excluding hydrogens is 388 g/mol. The highest BCUT2D eigenvalue weighted by Gasteiger charge is 2.34. The standard InChI is InChI=1S/C27H30O4/c1-17-11-22(12-18(2)25(17)29)27(5,23-13-19(3)26(30)20(4)14-23)15-24(28)31-16-21-9-7-6-8-10-21/h6-14,29-30H,15-16H2,1-5H3. The molecule has 0 atom stereocenters. The van der Waals surface area contributed by atoms with Crippen molar-refractivity contribution in [1.82, 2.24) is 0 Å². The first kappa shape index (κ1) is 22.4. The van der Waals surface area contributed by atoms with E-state index in [0.717, 1.165) is 38.9 Å². The van der Waals surface area contributed by atoms with Crippen LogP contribution in [-0.2, 0) is 21.6 Å². The Balaban J connectivity index is 2.01. The van der Waals surface area contributed by atoms with Crippen molar-refractivity contribution < 1.29 is 19.7 Å². The van der Waals surface area contributed by atoms with E-state index in [1.807, 2.05) is 89.2 Å². The van der Waals surface area contributed by atoms with Crippen LogP contribution in [0.4, 0.5) is 0 Å². The average molecular weight is 419 g/mol. The molecule has 0 aliphatic heterocycles. The second-order valence-electron chi connectivity index (χ2n) is 8.57. The topological polar surface area (TPSA) is 66.8 Å². The number of ether oxygens (including phenoxy) is 1. The van der Waals surface area contributed by atoms with Crippen LogP contribution in [0.5, 0.6) is 11.5 Å². The quantitative estimate of drug-likeness (QED) is 0.499. The van der Waals surface area contributed by atoms with Gasteiger partial charge in [0.1, 0.15) is 18.1 Å². The maximum absolute atomic E-state index is 12.9. The van der Waals surface area contributed by atoms with E-state index in [2.05, 4.69) is 0 Å². The Bertz CT molecular complexity index is 996. The van der Waals surface area contributed by atoms with E-state index < -0.39 is 5.41 Å². The molecule has 0 spiro atoms. The molecule has 0 fully saturated rings. The first-order valence-corrected chi connectivity index (χ1v) is 10.4. The van der Waals surface area contributed by atoms with Crippen LogP contribution >= 0.6 is 0 Å². The van der Waals surface area contributed by atoms with Crippen molar-refractivity contribution >= 4 is 5.97 Å². The van der Waals surface area contributed by atoms with Gasteiger partial charge in [-0.15, -0.1) is 0 Å². The number of aromatic hydroxyl groups is 2. The van der Waals surface area contributed by atoms with Crippen LogP contribution in [0.15, 0.2) is 54.6 Å². The number of carbonyl (C=O) groups is 1. The number of hydrogen-bond donors (Lipinski definition) is 2. The van der Waals surface area contributed by atoms with Gasteiger partial charge in [0.05, 0.1) is 6.42 Å². The summed E-state index contributed by atoms with van der Waals surface area (Å²) in [5.74, 6) is 0.213. The maximum atomic E-state index is 12.9. The van der Waals surface area contributed by atoms with Gasteiger partial charge < -0.3 is 14.9 Å². The van der Waals surface area contributed by atoms with Crippen molar-refractivity contribution in [2.45, 2.75) is 53.1 Å². The maximum Gasteiger partial charge on any atom is 0.307 e. The summed E-state index contributed by atoms with van der Waals surface area (Å²) in [7, 11) is 0. The molecule has 3 aromatic carbocycles. The number of hydrogen-bond acceptors (Lipinski definition) is 4. The number of phenols is 2. The Morgan fingerprint density at radius 3 is 1.65 bits per heavy atom. The number of esters is 1. The highest BCUT2D eigenvalue weighted by atomic mass is 16.5. The van der Waals surface area contributed by atoms with E-state index in [9.17, 15) is 15.0 Å². The average Bonchev–Trinajstić information content (AvgIpc) is 2.74. The van der Waals surface area contributed by atoms with Gasteiger partial charge in [0.15, 0.2) is 0 Å². The van der Waals surface area contributed by atoms with Gasteiger partial charge in [0, 0.05) is 5.41 Å². The Hall–Kier alpha value is -3.27. The summed E-state index contributed by atoms with van der Waals surface area (Å²) in [5.41, 5.74) is 5.10. The monoisotopic (exact) mass is 418 g/mol. The molecular formula is C27H30O4. The lowest BCUT2D eigenvalue weighted by atomic mass is 9.72. The molecule has 0 aromatic heterocycles. The summed E-state index contributed by atoms with van der Waals surface area (Å²) in [4.78, 5) is 12.9. The van der Waals surface area contributed by atoms with Crippen molar-refractivity contribution in [2.75, 3.05) is 0 Å². The fraction of sp³-hybridized carbons (Fsp3) is 0.296. The third-order valence-electron chi connectivity index (χ3n) is 6.00. The molecule has 0 saturated carbocycles. The van der Waals surface area contributed by atoms with Crippen LogP contribution in [0.1, 0.15) is 52.3 Å². The lowest BCUT2D eigenvalue weighted by molar-refractivity contribution is -0.146. The molecule has 3 rings (SSSR count). The van der Waals surface area contributed by atoms with Gasteiger partial charge in [0.25, 0.3) is 0 Å². The zero-order valence-corrected chi connectivity index (χ0v) is 18.8. The van der Waals surface area contributed by atoms with Crippen molar-refractivity contribution in [2.24, 2.45) is 0 Å². The first-order valence-electron chi connectivity index (χ1n) is 10.4. The Labute approximate surface area is 184 Å². The van der Waals surface area contributed by atoms with Gasteiger partial charge in [-0.25, -0.2) is 0 Å². The van der Waals surface area contributed by atoms with E-state index >= 15 is 0 Å². The number of rotatable bonds is 6. The smallest absolute Gasteiger partial charge is 0.307 e. The molecule has 31 heavy (non-hydrogen) atoms. The van der Waals surface area contributed by atoms with Crippen molar-refractivity contribution in [3.63, 3.8) is 0 Å². The first-order chi connectivity index (χ1) is 14.6. The van der Waals surface area contributed by atoms with Crippen molar-refractivity contribution in [3.05, 3.63) is 93.5 Å². The molecule has 0 heterocycles. The lowest BCUT2D eigenvalue weighted by Crippen LogP contribution is -2.29. The largest absolute Gasteiger partial charge is 0.507 e. The number of phenolic OH excluding ortho intramolecular Hbond substituents is 2. The van der Waals surface area contributed by atoms with Crippen molar-refractivity contribution in [3.8, 4) is 11.5 Å². The number of carbonyl (C=O) groups excluding carboxylic acids is 1. The summed E-state index contributed by atoms with van der Waals surface area (Å²) < 4.78 is 5.60. The predicted octanol–water partition coefficient (Wildman–Crippen LogP) is 5.77. The molecule has 0 bridgehead atoms. The van der Waals surface area contributed by atoms with Gasteiger partial charge in [-0.3, -0.25) is 4.79 Å². The van der Waals surface area contributed by atoms with Crippen LogP contribution in [0.25, 0.3) is 0 Å². The Morgan fingerprint density at radius 2 is 1.23 bits per heavy atom. The van der Waals surface area contributed by atoms with Gasteiger partial charge >= 0.3 is 5.97 Å². The predicted molar refractivity (Wildman–Crippen MR) is 122 cm³/mol. The third kappa shape index (κ3) is 4.74. The highest BCUT2D eigenvalue weighted by Crippen LogP contribution is 2.41. The van der Waals surface area contributed by atoms with E-state index in [4.69, 9.17) is 4.74 Å². The lowest BCUT2D eigenvalue weighted by Gasteiger charge is -2.32. The molecule has 0 amide bonds. The Morgan fingerprint density at radius 1 is 0.806 bits per heavy atom. The van der Waals surface area contributed by atoms with E-state index in [0.29, 0.717) is 0 Å². The molecule has 0 aliphatic carbocycles. The molecule has 0 radical (unpaired) electrons. The SMILES string of the molecule is Cc1cc(C(C)(CC(=O)OCc2ccccc2)c2cc(C)c(O)c(C)c2)cc(C)c1O. The summed E-state index contributed by atoms with van der Waals surface area (Å²) in [6, 6.07) is 17.3. The van der Waals surface area contributed by atoms with E-state index in [-0.39, 0.29) is 30.5 Å². The summed E-state index contributed by atoms with van der Waals surface area (Å²) in [5, 5.41) is 20.5. The number of aryl methyl sites for hydroxylation is 4. The van der Waals surface area contributed by atoms with Crippen LogP contribution in [-0.4, -0.2) is 16.2 Å². The third-order valence-corrected chi connectivity index (χ3v) is 6.00. The minimum Gasteiger partial charge on any atom is -0.507 e. The number of benzene rings is 3. The second-order valence-corrected chi connectivity index (χ2v) is 8.57. The summed E-state index contributed by atoms with van der Waals surface area (Å²) >= 11 is 0. The van der Waals surface area contributed by atoms with E-state index in [1.54, 1.807) is 0 Å². The molecule has 4 heteroatoms. The van der Waals surface area contributed by atoms with Gasteiger partial charge in [-0.1, -0.05) is 61.5 Å². The minimum atomic E-state index is -0.694. The minimum absolute atomic E-state index is 0.132. The summed E-state index contributed by atoms with van der Waals surface area (Å²) in [6.45, 7) is 9.64. The van der Waals surface area contributed by atoms with E-state index in [1.165, 1.54) is 0 Å². The van der Waals surface area contributed by atoms with Gasteiger partial charge in [0.2, 0.25) is 0 Å². The van der Waals surface area contributed by atoms with Crippen LogP contribution < -0.4 is 0 Å². The van der Waals surface area contributed by atoms with Gasteiger partial charge in [-0.2, -0.15) is 0 Å². The van der Waals surface area contributed by atoms with Crippen LogP contribution in [0, 0.1) is 27.7 Å². The van der Waals surface area contributed by atoms with Crippen LogP contribution in [0.2, 0.25) is 0 Å². The fourth-order valence-electron chi connectivity index (χ4n) is 4.00. The zero-order valence-electron chi connectivity index (χ0n) is 18.8.